The number of hydrogen-bond acceptors (Lipinski definition) is 5. The second kappa shape index (κ2) is 7.37. The number of nitriles is 1. The van der Waals surface area contributed by atoms with Crippen LogP contribution in [0.1, 0.15) is 24.5 Å². The van der Waals surface area contributed by atoms with Crippen LogP contribution in [0.2, 0.25) is 0 Å². The Morgan fingerprint density at radius 1 is 1.30 bits per heavy atom. The first-order valence-electron chi connectivity index (χ1n) is 8.35. The summed E-state index contributed by atoms with van der Waals surface area (Å²) < 4.78 is 67.5. The Balaban J connectivity index is 1.86. The standard InChI is InChI=1S/C17H18F3N3O2S2/c1-12-11-22(6-7-23(12)27(24,25)16-3-2-8-26-16)15-5-4-13(10-21)9-14(15)17(18,19)20/h3-5,9,12H,2,6-8,11H2,1H3/t12-/m1/s1. The number of allylic oxidation sites excluding steroid dienone is 1. The van der Waals surface area contributed by atoms with Crippen molar-refractivity contribution in [2.24, 2.45) is 0 Å². The highest BCUT2D eigenvalue weighted by Gasteiger charge is 2.39. The van der Waals surface area contributed by atoms with Gasteiger partial charge in [0.25, 0.3) is 0 Å². The summed E-state index contributed by atoms with van der Waals surface area (Å²) in [6.45, 7) is 2.10. The molecule has 2 aliphatic rings. The van der Waals surface area contributed by atoms with Gasteiger partial charge in [-0.25, -0.2) is 8.42 Å². The molecule has 0 amide bonds. The van der Waals surface area contributed by atoms with Gasteiger partial charge < -0.3 is 4.90 Å². The van der Waals surface area contributed by atoms with Crippen molar-refractivity contribution in [2.75, 3.05) is 30.3 Å². The van der Waals surface area contributed by atoms with Crippen LogP contribution in [0.25, 0.3) is 0 Å². The van der Waals surface area contributed by atoms with E-state index in [1.54, 1.807) is 19.1 Å². The topological polar surface area (TPSA) is 64.4 Å². The summed E-state index contributed by atoms with van der Waals surface area (Å²) >= 11 is 1.29. The van der Waals surface area contributed by atoms with Gasteiger partial charge in [0.2, 0.25) is 10.0 Å². The maximum absolute atomic E-state index is 13.4. The van der Waals surface area contributed by atoms with E-state index in [9.17, 15) is 21.6 Å². The summed E-state index contributed by atoms with van der Waals surface area (Å²) in [6.07, 6.45) is -2.20. The fourth-order valence-corrected chi connectivity index (χ4v) is 6.54. The fraction of sp³-hybridized carbons (Fsp3) is 0.471. The van der Waals surface area contributed by atoms with Gasteiger partial charge in [0.15, 0.2) is 0 Å². The largest absolute Gasteiger partial charge is 0.418 e. The third kappa shape index (κ3) is 3.95. The minimum absolute atomic E-state index is 0.0279. The Bertz CT molecular complexity index is 907. The van der Waals surface area contributed by atoms with Crippen LogP contribution in [0.15, 0.2) is 28.5 Å². The van der Waals surface area contributed by atoms with Gasteiger partial charge in [-0.2, -0.15) is 22.7 Å². The van der Waals surface area contributed by atoms with Crippen molar-refractivity contribution in [1.29, 1.82) is 5.26 Å². The lowest BCUT2D eigenvalue weighted by Gasteiger charge is -2.40. The van der Waals surface area contributed by atoms with Gasteiger partial charge >= 0.3 is 6.18 Å². The van der Waals surface area contributed by atoms with Crippen molar-refractivity contribution >= 4 is 27.5 Å². The van der Waals surface area contributed by atoms with Crippen molar-refractivity contribution < 1.29 is 21.6 Å². The van der Waals surface area contributed by atoms with Crippen molar-refractivity contribution in [2.45, 2.75) is 25.6 Å². The molecular formula is C17H18F3N3O2S2. The maximum atomic E-state index is 13.4. The normalized spacial score (nSPS) is 21.8. The first-order valence-corrected chi connectivity index (χ1v) is 10.8. The van der Waals surface area contributed by atoms with E-state index in [-0.39, 0.29) is 30.9 Å². The lowest BCUT2D eigenvalue weighted by molar-refractivity contribution is -0.137. The van der Waals surface area contributed by atoms with Crippen LogP contribution in [0, 0.1) is 11.3 Å². The molecule has 2 aliphatic heterocycles. The van der Waals surface area contributed by atoms with E-state index in [1.807, 2.05) is 0 Å². The monoisotopic (exact) mass is 417 g/mol. The molecule has 146 valence electrons. The van der Waals surface area contributed by atoms with Crippen LogP contribution in [-0.4, -0.2) is 44.2 Å². The molecule has 1 fully saturated rings. The summed E-state index contributed by atoms with van der Waals surface area (Å²) in [6, 6.07) is 4.72. The Kier molecular flexibility index (Phi) is 5.47. The number of anilines is 1. The van der Waals surface area contributed by atoms with Gasteiger partial charge in [-0.1, -0.05) is 6.08 Å². The summed E-state index contributed by atoms with van der Waals surface area (Å²) in [5.74, 6) is 0.725. The average Bonchev–Trinajstić information content (AvgIpc) is 3.15. The molecule has 3 rings (SSSR count). The second-order valence-corrected chi connectivity index (χ2v) is 9.67. The second-order valence-electron chi connectivity index (χ2n) is 6.41. The van der Waals surface area contributed by atoms with Gasteiger partial charge in [0.05, 0.1) is 17.2 Å². The zero-order chi connectivity index (χ0) is 19.8. The number of rotatable bonds is 3. The van der Waals surface area contributed by atoms with Crippen LogP contribution < -0.4 is 4.90 Å². The quantitative estimate of drug-likeness (QED) is 0.754. The summed E-state index contributed by atoms with van der Waals surface area (Å²) in [5.41, 5.74) is -0.968. The summed E-state index contributed by atoms with van der Waals surface area (Å²) in [7, 11) is -3.60. The zero-order valence-electron chi connectivity index (χ0n) is 14.5. The van der Waals surface area contributed by atoms with Gasteiger partial charge in [0, 0.05) is 37.1 Å². The predicted molar refractivity (Wildman–Crippen MR) is 98.6 cm³/mol. The minimum Gasteiger partial charge on any atom is -0.368 e. The molecule has 0 saturated carbocycles. The van der Waals surface area contributed by atoms with E-state index in [1.165, 1.54) is 33.1 Å². The first-order chi connectivity index (χ1) is 12.6. The van der Waals surface area contributed by atoms with E-state index in [0.717, 1.165) is 11.8 Å². The van der Waals surface area contributed by atoms with Crippen LogP contribution in [0.4, 0.5) is 18.9 Å². The number of alkyl halides is 3. The third-order valence-corrected chi connectivity index (χ3v) is 8.29. The Hall–Kier alpha value is -1.70. The van der Waals surface area contributed by atoms with Crippen LogP contribution in [0.3, 0.4) is 0 Å². The highest BCUT2D eigenvalue weighted by atomic mass is 32.3. The Labute approximate surface area is 160 Å². The minimum atomic E-state index is -4.60. The fourth-order valence-electron chi connectivity index (χ4n) is 3.32. The molecule has 1 saturated heterocycles. The summed E-state index contributed by atoms with van der Waals surface area (Å²) in [5, 5.41) is 8.89. The molecule has 0 unspecified atom stereocenters. The smallest absolute Gasteiger partial charge is 0.368 e. The van der Waals surface area contributed by atoms with E-state index >= 15 is 0 Å². The lowest BCUT2D eigenvalue weighted by Crippen LogP contribution is -2.54. The summed E-state index contributed by atoms with van der Waals surface area (Å²) in [4.78, 5) is 1.54. The molecule has 1 aromatic rings. The molecule has 10 heteroatoms. The number of thioether (sulfide) groups is 1. The molecular weight excluding hydrogens is 399 g/mol. The van der Waals surface area contributed by atoms with Gasteiger partial charge in [0.1, 0.15) is 4.24 Å². The van der Waals surface area contributed by atoms with E-state index in [4.69, 9.17) is 5.26 Å². The molecule has 1 atom stereocenters. The number of sulfonamides is 1. The molecule has 1 aromatic carbocycles. The molecule has 0 radical (unpaired) electrons. The molecule has 0 aromatic heterocycles. The Morgan fingerprint density at radius 3 is 2.59 bits per heavy atom. The van der Waals surface area contributed by atoms with Crippen molar-refractivity contribution in [1.82, 2.24) is 4.31 Å². The van der Waals surface area contributed by atoms with Crippen molar-refractivity contribution in [3.63, 3.8) is 0 Å². The number of benzene rings is 1. The maximum Gasteiger partial charge on any atom is 0.418 e. The predicted octanol–water partition coefficient (Wildman–Crippen LogP) is 3.40. The zero-order valence-corrected chi connectivity index (χ0v) is 16.2. The highest BCUT2D eigenvalue weighted by Crippen LogP contribution is 2.39. The molecule has 5 nitrogen and oxygen atoms in total. The van der Waals surface area contributed by atoms with Crippen molar-refractivity contribution in [3.8, 4) is 6.07 Å². The first kappa shape index (κ1) is 20.0. The number of hydrogen-bond donors (Lipinski definition) is 0. The number of halogens is 3. The molecule has 27 heavy (non-hydrogen) atoms. The number of nitrogens with zero attached hydrogens (tertiary/aromatic N) is 3. The van der Waals surface area contributed by atoms with Crippen LogP contribution in [-0.2, 0) is 16.2 Å². The Morgan fingerprint density at radius 2 is 2.04 bits per heavy atom. The molecule has 2 heterocycles. The van der Waals surface area contributed by atoms with Crippen molar-refractivity contribution in [3.05, 3.63) is 39.6 Å². The highest BCUT2D eigenvalue weighted by molar-refractivity contribution is 8.18. The SMILES string of the molecule is C[C@@H]1CN(c2ccc(C#N)cc2C(F)(F)F)CCN1S(=O)(=O)C1=CCCS1. The van der Waals surface area contributed by atoms with E-state index in [0.29, 0.717) is 10.7 Å². The molecule has 0 N–H and O–H groups in total. The molecule has 0 bridgehead atoms. The molecule has 0 aliphatic carbocycles. The van der Waals surface area contributed by atoms with Gasteiger partial charge in [-0.05, 0) is 31.5 Å². The van der Waals surface area contributed by atoms with Crippen LogP contribution >= 0.6 is 11.8 Å². The number of piperazine rings is 1. The van der Waals surface area contributed by atoms with E-state index < -0.39 is 27.8 Å². The van der Waals surface area contributed by atoms with E-state index in [2.05, 4.69) is 0 Å². The molecule has 0 spiro atoms. The van der Waals surface area contributed by atoms with Crippen LogP contribution in [0.5, 0.6) is 0 Å². The average molecular weight is 417 g/mol. The van der Waals surface area contributed by atoms with Gasteiger partial charge in [-0.15, -0.1) is 11.8 Å². The lowest BCUT2D eigenvalue weighted by atomic mass is 10.1. The van der Waals surface area contributed by atoms with Gasteiger partial charge in [-0.3, -0.25) is 0 Å². The third-order valence-electron chi connectivity index (χ3n) is 4.57.